The zero-order chi connectivity index (χ0) is 17.5. The molecule has 136 valence electrons. The first-order valence-electron chi connectivity index (χ1n) is 9.20. The van der Waals surface area contributed by atoms with Gasteiger partial charge >= 0.3 is 0 Å². The summed E-state index contributed by atoms with van der Waals surface area (Å²) >= 11 is 1.62. The lowest BCUT2D eigenvalue weighted by Crippen LogP contribution is -2.44. The number of rotatable bonds is 8. The number of ether oxygens (including phenoxy) is 1. The smallest absolute Gasteiger partial charge is 0.119 e. The summed E-state index contributed by atoms with van der Waals surface area (Å²) in [5.74, 6) is 0.951. The Bertz CT molecular complexity index is 633. The van der Waals surface area contributed by atoms with E-state index in [1.54, 1.807) is 11.3 Å². The average molecular weight is 360 g/mol. The van der Waals surface area contributed by atoms with Crippen LogP contribution in [0.15, 0.2) is 36.4 Å². The molecule has 0 spiro atoms. The summed E-state index contributed by atoms with van der Waals surface area (Å²) in [6.45, 7) is 6.87. The molecule has 1 fully saturated rings. The number of hydrogen-bond donors (Lipinski definition) is 1. The summed E-state index contributed by atoms with van der Waals surface area (Å²) < 4.78 is 5.87. The Labute approximate surface area is 155 Å². The number of unbranched alkanes of at least 4 members (excludes halogenated alkanes) is 2. The van der Waals surface area contributed by atoms with Crippen molar-refractivity contribution in [3.63, 3.8) is 0 Å². The van der Waals surface area contributed by atoms with Crippen LogP contribution in [0.3, 0.4) is 0 Å². The van der Waals surface area contributed by atoms with Crippen LogP contribution in [-0.4, -0.2) is 56.2 Å². The van der Waals surface area contributed by atoms with Crippen LogP contribution < -0.4 is 10.5 Å². The summed E-state index contributed by atoms with van der Waals surface area (Å²) in [5, 5.41) is 0.854. The molecule has 2 N–H and O–H groups in total. The molecule has 0 amide bonds. The Morgan fingerprint density at radius 1 is 0.960 bits per heavy atom. The van der Waals surface area contributed by atoms with Crippen molar-refractivity contribution in [1.82, 2.24) is 9.80 Å². The molecule has 3 rings (SSSR count). The fourth-order valence-corrected chi connectivity index (χ4v) is 3.88. The van der Waals surface area contributed by atoms with Gasteiger partial charge in [-0.05, 0) is 74.8 Å². The van der Waals surface area contributed by atoms with E-state index < -0.39 is 0 Å². The monoisotopic (exact) mass is 359 g/mol. The molecular weight excluding hydrogens is 330 g/mol. The molecule has 5 heteroatoms. The molecule has 1 aliphatic rings. The summed E-state index contributed by atoms with van der Waals surface area (Å²) in [6.07, 6.45) is 3.63. The molecule has 2 heterocycles. The second-order valence-electron chi connectivity index (χ2n) is 6.78. The van der Waals surface area contributed by atoms with Crippen LogP contribution >= 0.6 is 11.3 Å². The number of likely N-dealkylation sites (N-methyl/N-ethyl adjacent to an activating group) is 1. The number of nitrogen functional groups attached to an aromatic ring is 1. The number of benzene rings is 1. The lowest BCUT2D eigenvalue weighted by molar-refractivity contribution is 0.151. The van der Waals surface area contributed by atoms with Gasteiger partial charge in [0.05, 0.1) is 11.6 Å². The maximum absolute atomic E-state index is 5.87. The van der Waals surface area contributed by atoms with Gasteiger partial charge in [0.1, 0.15) is 5.75 Å². The van der Waals surface area contributed by atoms with Crippen molar-refractivity contribution < 1.29 is 4.74 Å². The van der Waals surface area contributed by atoms with Gasteiger partial charge < -0.3 is 20.3 Å². The number of nitrogens with two attached hydrogens (primary N) is 1. The van der Waals surface area contributed by atoms with Gasteiger partial charge in [-0.2, -0.15) is 0 Å². The molecule has 0 bridgehead atoms. The highest BCUT2D eigenvalue weighted by Gasteiger charge is 2.12. The van der Waals surface area contributed by atoms with Gasteiger partial charge in [-0.1, -0.05) is 0 Å². The molecule has 1 aromatic carbocycles. The van der Waals surface area contributed by atoms with Crippen LogP contribution in [0.2, 0.25) is 0 Å². The minimum Gasteiger partial charge on any atom is -0.494 e. The standard InChI is InChI=1S/C20H29N3OS/c1-22-12-14-23(15-13-22)11-3-2-4-16-24-18-7-5-17(6-8-18)19-9-10-20(21)25-19/h5-10H,2-4,11-16,21H2,1H3. The lowest BCUT2D eigenvalue weighted by Gasteiger charge is -2.32. The minimum atomic E-state index is 0.800. The van der Waals surface area contributed by atoms with Crippen molar-refractivity contribution in [2.75, 3.05) is 52.1 Å². The van der Waals surface area contributed by atoms with Crippen LogP contribution in [-0.2, 0) is 0 Å². The molecule has 25 heavy (non-hydrogen) atoms. The molecule has 1 aromatic heterocycles. The molecule has 0 atom stereocenters. The molecule has 0 saturated carbocycles. The van der Waals surface area contributed by atoms with E-state index in [2.05, 4.69) is 47.2 Å². The van der Waals surface area contributed by atoms with Gasteiger partial charge in [0.2, 0.25) is 0 Å². The highest BCUT2D eigenvalue weighted by Crippen LogP contribution is 2.30. The molecule has 0 aliphatic carbocycles. The third-order valence-corrected chi connectivity index (χ3v) is 5.71. The fraction of sp³-hybridized carbons (Fsp3) is 0.500. The van der Waals surface area contributed by atoms with Crippen molar-refractivity contribution >= 4 is 16.3 Å². The largest absolute Gasteiger partial charge is 0.494 e. The third kappa shape index (κ3) is 5.73. The van der Waals surface area contributed by atoms with Crippen LogP contribution in [0.4, 0.5) is 5.00 Å². The van der Waals surface area contributed by atoms with Gasteiger partial charge in [0, 0.05) is 31.1 Å². The van der Waals surface area contributed by atoms with Crippen LogP contribution in [0, 0.1) is 0 Å². The zero-order valence-corrected chi connectivity index (χ0v) is 15.9. The zero-order valence-electron chi connectivity index (χ0n) is 15.1. The second kappa shape index (κ2) is 9.22. The third-order valence-electron chi connectivity index (χ3n) is 4.75. The van der Waals surface area contributed by atoms with Crippen molar-refractivity contribution in [1.29, 1.82) is 0 Å². The predicted molar refractivity (Wildman–Crippen MR) is 107 cm³/mol. The van der Waals surface area contributed by atoms with E-state index in [1.165, 1.54) is 56.0 Å². The van der Waals surface area contributed by atoms with E-state index in [0.717, 1.165) is 23.8 Å². The van der Waals surface area contributed by atoms with Crippen LogP contribution in [0.25, 0.3) is 10.4 Å². The first-order chi connectivity index (χ1) is 12.2. The predicted octanol–water partition coefficient (Wildman–Crippen LogP) is 3.79. The molecule has 1 saturated heterocycles. The maximum atomic E-state index is 5.87. The topological polar surface area (TPSA) is 41.7 Å². The Hall–Kier alpha value is -1.56. The molecule has 1 aliphatic heterocycles. The van der Waals surface area contributed by atoms with Gasteiger partial charge in [0.15, 0.2) is 0 Å². The van der Waals surface area contributed by atoms with Gasteiger partial charge in [-0.3, -0.25) is 0 Å². The lowest BCUT2D eigenvalue weighted by atomic mass is 10.2. The molecule has 0 unspecified atom stereocenters. The van der Waals surface area contributed by atoms with Gasteiger partial charge in [-0.15, -0.1) is 11.3 Å². The number of hydrogen-bond acceptors (Lipinski definition) is 5. The van der Waals surface area contributed by atoms with E-state index in [9.17, 15) is 0 Å². The Morgan fingerprint density at radius 2 is 1.72 bits per heavy atom. The number of piperazine rings is 1. The molecule has 2 aromatic rings. The Morgan fingerprint density at radius 3 is 2.40 bits per heavy atom. The Kier molecular flexibility index (Phi) is 6.73. The van der Waals surface area contributed by atoms with E-state index in [1.807, 2.05) is 6.07 Å². The van der Waals surface area contributed by atoms with Crippen molar-refractivity contribution in [2.24, 2.45) is 0 Å². The quantitative estimate of drug-likeness (QED) is 0.728. The van der Waals surface area contributed by atoms with Gasteiger partial charge in [-0.25, -0.2) is 0 Å². The molecular formula is C20H29N3OS. The molecule has 0 radical (unpaired) electrons. The number of nitrogens with zero attached hydrogens (tertiary/aromatic N) is 2. The fourth-order valence-electron chi connectivity index (χ4n) is 3.10. The van der Waals surface area contributed by atoms with Crippen LogP contribution in [0.5, 0.6) is 5.75 Å². The first kappa shape index (κ1) is 18.2. The van der Waals surface area contributed by atoms with Crippen LogP contribution in [0.1, 0.15) is 19.3 Å². The highest BCUT2D eigenvalue weighted by atomic mass is 32.1. The highest BCUT2D eigenvalue weighted by molar-refractivity contribution is 7.19. The summed E-state index contributed by atoms with van der Waals surface area (Å²) in [7, 11) is 2.21. The average Bonchev–Trinajstić information content (AvgIpc) is 3.06. The maximum Gasteiger partial charge on any atom is 0.119 e. The van der Waals surface area contributed by atoms with E-state index in [-0.39, 0.29) is 0 Å². The summed E-state index contributed by atoms with van der Waals surface area (Å²) in [6, 6.07) is 12.3. The van der Waals surface area contributed by atoms with E-state index in [0.29, 0.717) is 0 Å². The van der Waals surface area contributed by atoms with Crippen molar-refractivity contribution in [3.8, 4) is 16.2 Å². The van der Waals surface area contributed by atoms with Crippen molar-refractivity contribution in [3.05, 3.63) is 36.4 Å². The molecule has 4 nitrogen and oxygen atoms in total. The number of anilines is 1. The second-order valence-corrected chi connectivity index (χ2v) is 7.90. The Balaban J connectivity index is 1.30. The van der Waals surface area contributed by atoms with E-state index in [4.69, 9.17) is 10.5 Å². The normalized spacial score (nSPS) is 16.2. The van der Waals surface area contributed by atoms with E-state index >= 15 is 0 Å². The first-order valence-corrected chi connectivity index (χ1v) is 10.0. The number of thiophene rings is 1. The van der Waals surface area contributed by atoms with Crippen molar-refractivity contribution in [2.45, 2.75) is 19.3 Å². The van der Waals surface area contributed by atoms with Gasteiger partial charge in [0.25, 0.3) is 0 Å². The minimum absolute atomic E-state index is 0.800. The SMILES string of the molecule is CN1CCN(CCCCCOc2ccc(-c3ccc(N)s3)cc2)CC1. The summed E-state index contributed by atoms with van der Waals surface area (Å²) in [4.78, 5) is 6.19. The summed E-state index contributed by atoms with van der Waals surface area (Å²) in [5.41, 5.74) is 6.99.